The minimum Gasteiger partial charge on any atom is -0.493 e. The van der Waals surface area contributed by atoms with Gasteiger partial charge < -0.3 is 3.79 Å². The molecule has 0 aliphatic carbocycles. The van der Waals surface area contributed by atoms with Gasteiger partial charge in [-0.05, 0) is 81.8 Å². The second kappa shape index (κ2) is 5.37. The Labute approximate surface area is 117 Å². The van der Waals surface area contributed by atoms with Gasteiger partial charge in [0.05, 0.1) is 5.60 Å². The quantitative estimate of drug-likeness (QED) is 0.715. The van der Waals surface area contributed by atoms with Gasteiger partial charge in [0.25, 0.3) is 0 Å². The molecule has 1 aromatic rings. The lowest BCUT2D eigenvalue weighted by atomic mass is 9.82. The fourth-order valence-electron chi connectivity index (χ4n) is 3.05. The molecule has 0 saturated heterocycles. The summed E-state index contributed by atoms with van der Waals surface area (Å²) in [5, 5.41) is 0. The zero-order chi connectivity index (χ0) is 14.2. The van der Waals surface area contributed by atoms with Crippen LogP contribution in [0.3, 0.4) is 0 Å². The van der Waals surface area contributed by atoms with Crippen LogP contribution in [0.2, 0.25) is 11.6 Å². The van der Waals surface area contributed by atoms with Crippen molar-refractivity contribution in [2.75, 3.05) is 0 Å². The predicted molar refractivity (Wildman–Crippen MR) is 81.7 cm³/mol. The largest absolute Gasteiger partial charge is 0.493 e. The Hall–Kier alpha value is -0.288. The summed E-state index contributed by atoms with van der Waals surface area (Å²) in [4.78, 5) is 0. The van der Waals surface area contributed by atoms with Crippen LogP contribution in [-0.2, 0) is 9.39 Å². The normalized spacial score (nSPS) is 11.8. The van der Waals surface area contributed by atoms with Gasteiger partial charge in [-0.15, -0.1) is 0 Å². The maximum absolute atomic E-state index is 6.27. The van der Waals surface area contributed by atoms with Crippen molar-refractivity contribution >= 4 is 14.5 Å². The number of rotatable bonds is 3. The Morgan fingerprint density at radius 1 is 0.722 bits per heavy atom. The van der Waals surface area contributed by atoms with Gasteiger partial charge in [-0.3, -0.25) is 0 Å². The van der Waals surface area contributed by atoms with E-state index in [1.54, 1.807) is 0 Å². The van der Waals surface area contributed by atoms with Crippen LogP contribution in [0.1, 0.15) is 47.2 Å². The summed E-state index contributed by atoms with van der Waals surface area (Å²) in [7, 11) is 0. The van der Waals surface area contributed by atoms with Crippen molar-refractivity contribution in [3.8, 4) is 0 Å². The lowest BCUT2D eigenvalue weighted by Gasteiger charge is -2.34. The SMILES string of the molecule is Cc1c(C)c(C)c(C(C)(C)[O][Al]([CH3])[CH3])c(C)c1C. The molecule has 0 amide bonds. The average Bonchev–Trinajstić information content (AvgIpc) is 2.21. The summed E-state index contributed by atoms with van der Waals surface area (Å²) < 4.78 is 6.27. The molecule has 0 unspecified atom stereocenters. The third kappa shape index (κ3) is 2.82. The van der Waals surface area contributed by atoms with Gasteiger partial charge in [0.15, 0.2) is 0 Å². The molecular weight excluding hydrogens is 235 g/mol. The molecule has 0 aliphatic heterocycles. The maximum atomic E-state index is 6.27. The van der Waals surface area contributed by atoms with E-state index in [-0.39, 0.29) is 5.60 Å². The fourth-order valence-corrected chi connectivity index (χ4v) is 4.35. The minimum atomic E-state index is -1.05. The lowest BCUT2D eigenvalue weighted by molar-refractivity contribution is 0.107. The van der Waals surface area contributed by atoms with Crippen LogP contribution in [0.15, 0.2) is 0 Å². The van der Waals surface area contributed by atoms with Crippen LogP contribution in [0.25, 0.3) is 0 Å². The zero-order valence-electron chi connectivity index (χ0n) is 13.5. The first kappa shape index (κ1) is 15.8. The summed E-state index contributed by atoms with van der Waals surface area (Å²) in [6, 6.07) is 0. The Bertz CT molecular complexity index is 430. The van der Waals surface area contributed by atoms with Gasteiger partial charge in [-0.2, -0.15) is 0 Å². The molecule has 0 radical (unpaired) electrons. The van der Waals surface area contributed by atoms with Crippen molar-refractivity contribution in [1.29, 1.82) is 0 Å². The molecule has 0 saturated carbocycles. The molecule has 0 heterocycles. The highest BCUT2D eigenvalue weighted by Gasteiger charge is 2.29. The molecule has 0 fully saturated rings. The summed E-state index contributed by atoms with van der Waals surface area (Å²) in [5.74, 6) is 4.47. The van der Waals surface area contributed by atoms with E-state index in [4.69, 9.17) is 3.79 Å². The van der Waals surface area contributed by atoms with Gasteiger partial charge >= 0.3 is 14.5 Å². The first-order valence-corrected chi connectivity index (χ1v) is 9.63. The number of benzene rings is 1. The van der Waals surface area contributed by atoms with E-state index in [1.165, 1.54) is 33.4 Å². The van der Waals surface area contributed by atoms with Crippen molar-refractivity contribution in [1.82, 2.24) is 0 Å². The van der Waals surface area contributed by atoms with Gasteiger partial charge in [-0.1, -0.05) is 11.6 Å². The van der Waals surface area contributed by atoms with E-state index >= 15 is 0 Å². The molecule has 1 rings (SSSR count). The van der Waals surface area contributed by atoms with Crippen LogP contribution in [0.4, 0.5) is 0 Å². The Kier molecular flexibility index (Phi) is 4.71. The second-order valence-corrected chi connectivity index (χ2v) is 8.51. The van der Waals surface area contributed by atoms with Crippen LogP contribution < -0.4 is 0 Å². The molecule has 0 N–H and O–H groups in total. The Morgan fingerprint density at radius 2 is 1.06 bits per heavy atom. The Balaban J connectivity index is 3.50. The number of hydrogen-bond acceptors (Lipinski definition) is 1. The molecule has 0 spiro atoms. The standard InChI is InChI=1S/C14H21O.2CH3.Al/c1-8-9(2)11(4)13(14(6,7)15)12(5)10(8)3;;;/h1-7H3;2*1H3;/q-1;;;+1. The molecule has 1 nitrogen and oxygen atoms in total. The van der Waals surface area contributed by atoms with Gasteiger partial charge in [0.1, 0.15) is 0 Å². The molecule has 0 atom stereocenters. The molecular formula is C16H27AlO. The van der Waals surface area contributed by atoms with Crippen molar-refractivity contribution in [3.63, 3.8) is 0 Å². The third-order valence-electron chi connectivity index (χ3n) is 4.13. The average molecular weight is 262 g/mol. The highest BCUT2D eigenvalue weighted by molar-refractivity contribution is 6.48. The summed E-state index contributed by atoms with van der Waals surface area (Å²) in [6.45, 7) is 15.6. The van der Waals surface area contributed by atoms with E-state index in [2.05, 4.69) is 60.0 Å². The monoisotopic (exact) mass is 262 g/mol. The summed E-state index contributed by atoms with van der Waals surface area (Å²) in [5.41, 5.74) is 8.27. The van der Waals surface area contributed by atoms with E-state index in [1.807, 2.05) is 0 Å². The first-order chi connectivity index (χ1) is 8.09. The molecule has 0 bridgehead atoms. The first-order valence-electron chi connectivity index (χ1n) is 6.84. The summed E-state index contributed by atoms with van der Waals surface area (Å²) >= 11 is -1.05. The van der Waals surface area contributed by atoms with Gasteiger partial charge in [-0.25, -0.2) is 0 Å². The molecule has 0 aliphatic rings. The van der Waals surface area contributed by atoms with Crippen LogP contribution in [-0.4, -0.2) is 14.5 Å². The molecule has 100 valence electrons. The predicted octanol–water partition coefficient (Wildman–Crippen LogP) is 4.73. The lowest BCUT2D eigenvalue weighted by Crippen LogP contribution is -2.30. The Morgan fingerprint density at radius 3 is 1.39 bits per heavy atom. The van der Waals surface area contributed by atoms with E-state index in [0.29, 0.717) is 0 Å². The van der Waals surface area contributed by atoms with Crippen LogP contribution >= 0.6 is 0 Å². The molecule has 1 aromatic carbocycles. The molecule has 2 heteroatoms. The highest BCUT2D eigenvalue weighted by Crippen LogP contribution is 2.36. The number of hydrogen-bond donors (Lipinski definition) is 0. The summed E-state index contributed by atoms with van der Waals surface area (Å²) in [6.07, 6.45) is 0. The van der Waals surface area contributed by atoms with E-state index in [9.17, 15) is 0 Å². The smallest absolute Gasteiger partial charge is 0.454 e. The second-order valence-electron chi connectivity index (χ2n) is 6.18. The maximum Gasteiger partial charge on any atom is 0.454 e. The van der Waals surface area contributed by atoms with Crippen molar-refractivity contribution in [2.45, 2.75) is 65.6 Å². The van der Waals surface area contributed by atoms with Crippen LogP contribution in [0.5, 0.6) is 0 Å². The minimum absolute atomic E-state index is 0.169. The van der Waals surface area contributed by atoms with Crippen LogP contribution in [0, 0.1) is 34.6 Å². The van der Waals surface area contributed by atoms with Gasteiger partial charge in [0.2, 0.25) is 0 Å². The highest BCUT2D eigenvalue weighted by atomic mass is 27.2. The van der Waals surface area contributed by atoms with Crippen molar-refractivity contribution in [3.05, 3.63) is 33.4 Å². The molecule has 18 heavy (non-hydrogen) atoms. The topological polar surface area (TPSA) is 9.23 Å². The van der Waals surface area contributed by atoms with Crippen molar-refractivity contribution in [2.24, 2.45) is 0 Å². The van der Waals surface area contributed by atoms with Gasteiger partial charge in [0, 0.05) is 0 Å². The molecule has 0 aromatic heterocycles. The van der Waals surface area contributed by atoms with Crippen molar-refractivity contribution < 1.29 is 3.79 Å². The fraction of sp³-hybridized carbons (Fsp3) is 0.625. The third-order valence-corrected chi connectivity index (χ3v) is 5.19. The zero-order valence-corrected chi connectivity index (χ0v) is 14.6. The van der Waals surface area contributed by atoms with E-state index < -0.39 is 14.5 Å². The van der Waals surface area contributed by atoms with E-state index in [0.717, 1.165) is 0 Å².